The summed E-state index contributed by atoms with van der Waals surface area (Å²) in [5, 5.41) is 4.01. The Balaban J connectivity index is 1.63. The van der Waals surface area contributed by atoms with E-state index in [4.69, 9.17) is 4.74 Å². The van der Waals surface area contributed by atoms with Crippen LogP contribution in [0.3, 0.4) is 0 Å². The molecule has 0 saturated carbocycles. The predicted molar refractivity (Wildman–Crippen MR) is 89.3 cm³/mol. The van der Waals surface area contributed by atoms with Gasteiger partial charge >= 0.3 is 0 Å². The topological polar surface area (TPSA) is 49.9 Å². The highest BCUT2D eigenvalue weighted by atomic mass is 32.1. The lowest BCUT2D eigenvalue weighted by Crippen LogP contribution is -2.51. The molecule has 0 unspecified atom stereocenters. The number of methoxy groups -OCH3 is 1. The van der Waals surface area contributed by atoms with Gasteiger partial charge in [0, 0.05) is 33.3 Å². The average molecular weight is 336 g/mol. The van der Waals surface area contributed by atoms with Gasteiger partial charge in [-0.05, 0) is 41.7 Å². The van der Waals surface area contributed by atoms with E-state index in [1.54, 1.807) is 18.4 Å². The van der Waals surface area contributed by atoms with Crippen LogP contribution in [-0.2, 0) is 20.7 Å². The molecule has 0 aromatic carbocycles. The Kier molecular flexibility index (Phi) is 5.02. The molecule has 0 bridgehead atoms. The van der Waals surface area contributed by atoms with E-state index in [0.29, 0.717) is 32.7 Å². The van der Waals surface area contributed by atoms with Crippen LogP contribution in [0.1, 0.15) is 24.8 Å². The maximum atomic E-state index is 12.9. The van der Waals surface area contributed by atoms with Crippen molar-refractivity contribution in [2.75, 3.05) is 39.9 Å². The molecular weight excluding hydrogens is 312 g/mol. The fourth-order valence-corrected chi connectivity index (χ4v) is 4.38. The number of thiophene rings is 1. The summed E-state index contributed by atoms with van der Waals surface area (Å²) in [4.78, 5) is 29.2. The molecule has 23 heavy (non-hydrogen) atoms. The van der Waals surface area contributed by atoms with Gasteiger partial charge in [0.2, 0.25) is 11.8 Å². The van der Waals surface area contributed by atoms with Crippen molar-refractivity contribution in [3.8, 4) is 0 Å². The number of piperidine rings is 1. The molecule has 2 saturated heterocycles. The Morgan fingerprint density at radius 1 is 1.39 bits per heavy atom. The lowest BCUT2D eigenvalue weighted by molar-refractivity contribution is -0.146. The molecule has 2 aliphatic rings. The van der Waals surface area contributed by atoms with Crippen molar-refractivity contribution < 1.29 is 14.3 Å². The van der Waals surface area contributed by atoms with Gasteiger partial charge in [0.15, 0.2) is 0 Å². The summed E-state index contributed by atoms with van der Waals surface area (Å²) in [5.41, 5.74) is 0.716. The molecule has 1 atom stereocenters. The first kappa shape index (κ1) is 16.5. The summed E-state index contributed by atoms with van der Waals surface area (Å²) < 4.78 is 5.10. The van der Waals surface area contributed by atoms with Crippen LogP contribution in [0.25, 0.3) is 0 Å². The second kappa shape index (κ2) is 7.01. The van der Waals surface area contributed by atoms with E-state index >= 15 is 0 Å². The van der Waals surface area contributed by atoms with Crippen LogP contribution in [-0.4, -0.2) is 61.5 Å². The molecule has 2 fully saturated rings. The molecule has 1 spiro atoms. The summed E-state index contributed by atoms with van der Waals surface area (Å²) in [6, 6.07) is 1.99. The molecular formula is C17H24N2O3S. The van der Waals surface area contributed by atoms with Crippen molar-refractivity contribution in [2.24, 2.45) is 5.41 Å². The Bertz CT molecular complexity index is 560. The number of likely N-dealkylation sites (tertiary alicyclic amines) is 2. The predicted octanol–water partition coefficient (Wildman–Crippen LogP) is 1.78. The number of rotatable bonds is 5. The molecule has 0 aliphatic carbocycles. The van der Waals surface area contributed by atoms with E-state index in [2.05, 4.69) is 0 Å². The molecule has 3 heterocycles. The van der Waals surface area contributed by atoms with Gasteiger partial charge < -0.3 is 14.5 Å². The van der Waals surface area contributed by atoms with Crippen molar-refractivity contribution in [3.05, 3.63) is 22.4 Å². The third kappa shape index (κ3) is 3.43. The Morgan fingerprint density at radius 3 is 3.00 bits per heavy atom. The molecule has 1 aromatic heterocycles. The van der Waals surface area contributed by atoms with Gasteiger partial charge in [0.1, 0.15) is 0 Å². The van der Waals surface area contributed by atoms with Crippen molar-refractivity contribution in [2.45, 2.75) is 25.7 Å². The molecule has 2 amide bonds. The molecule has 126 valence electrons. The highest BCUT2D eigenvalue weighted by molar-refractivity contribution is 7.08. The lowest BCUT2D eigenvalue weighted by Gasteiger charge is -2.39. The standard InChI is InChI=1S/C17H24N2O3S/c1-22-9-8-18-6-2-4-17(16(18)21)5-7-19(13-17)15(20)11-14-3-10-23-12-14/h3,10,12H,2,4-9,11,13H2,1H3/t17-/m0/s1. The van der Waals surface area contributed by atoms with E-state index in [0.717, 1.165) is 31.4 Å². The van der Waals surface area contributed by atoms with Gasteiger partial charge in [-0.3, -0.25) is 9.59 Å². The van der Waals surface area contributed by atoms with E-state index in [1.165, 1.54) is 0 Å². The van der Waals surface area contributed by atoms with Crippen LogP contribution in [0.4, 0.5) is 0 Å². The number of ether oxygens (including phenoxy) is 1. The number of hydrogen-bond acceptors (Lipinski definition) is 4. The van der Waals surface area contributed by atoms with Crippen LogP contribution in [0.15, 0.2) is 16.8 Å². The monoisotopic (exact) mass is 336 g/mol. The first-order chi connectivity index (χ1) is 11.1. The summed E-state index contributed by atoms with van der Waals surface area (Å²) in [6.45, 7) is 3.32. The highest BCUT2D eigenvalue weighted by Crippen LogP contribution is 2.40. The molecule has 1 aromatic rings. The quantitative estimate of drug-likeness (QED) is 0.823. The average Bonchev–Trinajstić information content (AvgIpc) is 3.19. The van der Waals surface area contributed by atoms with Crippen molar-refractivity contribution in [1.82, 2.24) is 9.80 Å². The van der Waals surface area contributed by atoms with E-state index in [9.17, 15) is 9.59 Å². The Labute approximate surface area is 141 Å². The number of carbonyl (C=O) groups is 2. The van der Waals surface area contributed by atoms with E-state index < -0.39 is 0 Å². The first-order valence-corrected chi connectivity index (χ1v) is 9.16. The van der Waals surface area contributed by atoms with E-state index in [-0.39, 0.29) is 17.2 Å². The highest BCUT2D eigenvalue weighted by Gasteiger charge is 2.49. The normalized spacial score (nSPS) is 24.7. The number of amides is 2. The van der Waals surface area contributed by atoms with Gasteiger partial charge in [0.05, 0.1) is 18.4 Å². The summed E-state index contributed by atoms with van der Waals surface area (Å²) in [7, 11) is 1.66. The van der Waals surface area contributed by atoms with Crippen LogP contribution in [0.5, 0.6) is 0 Å². The van der Waals surface area contributed by atoms with Crippen molar-refractivity contribution in [3.63, 3.8) is 0 Å². The number of carbonyl (C=O) groups excluding carboxylic acids is 2. The summed E-state index contributed by atoms with van der Waals surface area (Å²) in [5.74, 6) is 0.355. The smallest absolute Gasteiger partial charge is 0.230 e. The number of hydrogen-bond donors (Lipinski definition) is 0. The fourth-order valence-electron chi connectivity index (χ4n) is 3.71. The van der Waals surface area contributed by atoms with Gasteiger partial charge in [-0.25, -0.2) is 0 Å². The van der Waals surface area contributed by atoms with Crippen molar-refractivity contribution >= 4 is 23.2 Å². The molecule has 0 radical (unpaired) electrons. The minimum absolute atomic E-state index is 0.141. The van der Waals surface area contributed by atoms with Crippen LogP contribution < -0.4 is 0 Å². The third-order valence-corrected chi connectivity index (χ3v) is 5.76. The summed E-state index contributed by atoms with van der Waals surface area (Å²) in [6.07, 6.45) is 3.16. The van der Waals surface area contributed by atoms with Gasteiger partial charge in [-0.1, -0.05) is 0 Å². The minimum atomic E-state index is -0.351. The SMILES string of the molecule is COCCN1CCC[C@@]2(CCN(C(=O)Cc3ccsc3)C2)C1=O. The second-order valence-corrected chi connectivity index (χ2v) is 7.32. The zero-order chi connectivity index (χ0) is 16.3. The van der Waals surface area contributed by atoms with Crippen LogP contribution in [0.2, 0.25) is 0 Å². The molecule has 3 rings (SSSR count). The largest absolute Gasteiger partial charge is 0.383 e. The Hall–Kier alpha value is -1.40. The summed E-state index contributed by atoms with van der Waals surface area (Å²) >= 11 is 1.61. The Morgan fingerprint density at radius 2 is 2.26 bits per heavy atom. The maximum Gasteiger partial charge on any atom is 0.230 e. The molecule has 2 aliphatic heterocycles. The number of nitrogens with zero attached hydrogens (tertiary/aromatic N) is 2. The lowest BCUT2D eigenvalue weighted by atomic mass is 9.78. The second-order valence-electron chi connectivity index (χ2n) is 6.54. The fraction of sp³-hybridized carbons (Fsp3) is 0.647. The minimum Gasteiger partial charge on any atom is -0.383 e. The van der Waals surface area contributed by atoms with Crippen LogP contribution in [0, 0.1) is 5.41 Å². The van der Waals surface area contributed by atoms with Crippen molar-refractivity contribution in [1.29, 1.82) is 0 Å². The van der Waals surface area contributed by atoms with Gasteiger partial charge in [-0.2, -0.15) is 11.3 Å². The van der Waals surface area contributed by atoms with Gasteiger partial charge in [0.25, 0.3) is 0 Å². The zero-order valence-electron chi connectivity index (χ0n) is 13.6. The van der Waals surface area contributed by atoms with Gasteiger partial charge in [-0.15, -0.1) is 0 Å². The third-order valence-electron chi connectivity index (χ3n) is 5.03. The van der Waals surface area contributed by atoms with Crippen LogP contribution >= 0.6 is 11.3 Å². The molecule has 0 N–H and O–H groups in total. The molecule has 6 heteroatoms. The molecule has 5 nitrogen and oxygen atoms in total. The first-order valence-electron chi connectivity index (χ1n) is 8.22. The zero-order valence-corrected chi connectivity index (χ0v) is 14.4. The van der Waals surface area contributed by atoms with E-state index in [1.807, 2.05) is 26.6 Å². The maximum absolute atomic E-state index is 12.9.